The number of fused-ring (bicyclic) bond motifs is 1. The Morgan fingerprint density at radius 1 is 1.00 bits per heavy atom. The molecule has 2 aromatic rings. The highest BCUT2D eigenvalue weighted by Gasteiger charge is 2.52. The van der Waals surface area contributed by atoms with Gasteiger partial charge < -0.3 is 20.2 Å². The summed E-state index contributed by atoms with van der Waals surface area (Å²) < 4.78 is 0.744. The number of halogens is 1. The molecule has 0 spiro atoms. The third-order valence-corrected chi connectivity index (χ3v) is 8.50. The molecule has 3 fully saturated rings. The number of Topliss-reactive ketones (excluding diaryl/α,β-unsaturated/α-hetero) is 1. The van der Waals surface area contributed by atoms with Gasteiger partial charge in [0.1, 0.15) is 17.8 Å². The van der Waals surface area contributed by atoms with E-state index in [4.69, 9.17) is 0 Å². The Bertz CT molecular complexity index is 1230. The van der Waals surface area contributed by atoms with Crippen molar-refractivity contribution < 1.29 is 24.3 Å². The molecule has 38 heavy (non-hydrogen) atoms. The topological polar surface area (TPSA) is 107 Å². The summed E-state index contributed by atoms with van der Waals surface area (Å²) in [6, 6.07) is 11.5. The fourth-order valence-electron chi connectivity index (χ4n) is 6.08. The fraction of sp³-hybridized carbons (Fsp3) is 0.448. The van der Waals surface area contributed by atoms with E-state index < -0.39 is 18.0 Å². The maximum atomic E-state index is 13.9. The van der Waals surface area contributed by atoms with Gasteiger partial charge in [0.2, 0.25) is 11.8 Å². The Hall–Kier alpha value is -3.20. The van der Waals surface area contributed by atoms with Crippen LogP contribution in [0.2, 0.25) is 0 Å². The van der Waals surface area contributed by atoms with E-state index in [2.05, 4.69) is 21.2 Å². The minimum absolute atomic E-state index is 0.0354. The molecule has 9 heteroatoms. The van der Waals surface area contributed by atoms with Gasteiger partial charge in [-0.2, -0.15) is 0 Å². The number of benzene rings is 2. The molecule has 2 N–H and O–H groups in total. The molecule has 1 aliphatic carbocycles. The van der Waals surface area contributed by atoms with Gasteiger partial charge in [-0.3, -0.25) is 19.2 Å². The lowest BCUT2D eigenvalue weighted by Gasteiger charge is -2.30. The maximum absolute atomic E-state index is 13.9. The van der Waals surface area contributed by atoms with Crippen LogP contribution in [0.4, 0.5) is 0 Å². The number of ketones is 1. The molecule has 2 heterocycles. The van der Waals surface area contributed by atoms with Crippen LogP contribution in [-0.2, 0) is 20.8 Å². The Balaban J connectivity index is 1.35. The minimum atomic E-state index is -0.916. The van der Waals surface area contributed by atoms with Gasteiger partial charge in [-0.15, -0.1) is 0 Å². The van der Waals surface area contributed by atoms with Crippen LogP contribution in [0, 0.1) is 5.92 Å². The zero-order valence-electron chi connectivity index (χ0n) is 21.1. The molecule has 2 aromatic carbocycles. The zero-order valence-corrected chi connectivity index (χ0v) is 22.7. The van der Waals surface area contributed by atoms with E-state index in [1.807, 2.05) is 6.07 Å². The van der Waals surface area contributed by atoms with E-state index in [0.29, 0.717) is 18.5 Å². The third-order valence-electron chi connectivity index (χ3n) is 8.01. The number of phenolic OH excluding ortho intramolecular Hbond substituents is 1. The summed E-state index contributed by atoms with van der Waals surface area (Å²) in [7, 11) is 0. The monoisotopic (exact) mass is 581 g/mol. The normalized spacial score (nSPS) is 22.3. The van der Waals surface area contributed by atoms with Crippen molar-refractivity contribution in [3.63, 3.8) is 0 Å². The Labute approximate surface area is 230 Å². The van der Waals surface area contributed by atoms with Gasteiger partial charge in [0, 0.05) is 28.9 Å². The third kappa shape index (κ3) is 5.48. The highest BCUT2D eigenvalue weighted by atomic mass is 79.9. The predicted molar refractivity (Wildman–Crippen MR) is 144 cm³/mol. The lowest BCUT2D eigenvalue weighted by atomic mass is 9.88. The zero-order chi connectivity index (χ0) is 26.8. The van der Waals surface area contributed by atoms with Crippen molar-refractivity contribution in [1.29, 1.82) is 0 Å². The molecular formula is C29H32BrN3O5. The molecule has 2 saturated heterocycles. The number of phenols is 1. The van der Waals surface area contributed by atoms with Crippen LogP contribution in [0.1, 0.15) is 54.4 Å². The first kappa shape index (κ1) is 26.4. The number of hydrogen-bond acceptors (Lipinski definition) is 5. The molecule has 200 valence electrons. The van der Waals surface area contributed by atoms with Crippen LogP contribution in [-0.4, -0.2) is 69.6 Å². The first-order valence-electron chi connectivity index (χ1n) is 13.3. The largest absolute Gasteiger partial charge is 0.508 e. The summed E-state index contributed by atoms with van der Waals surface area (Å²) in [5.41, 5.74) is 1.17. The lowest BCUT2D eigenvalue weighted by Crippen LogP contribution is -2.53. The molecular weight excluding hydrogens is 550 g/mol. The van der Waals surface area contributed by atoms with Gasteiger partial charge in [-0.25, -0.2) is 0 Å². The summed E-state index contributed by atoms with van der Waals surface area (Å²) in [6.45, 7) is 0.397. The van der Waals surface area contributed by atoms with Crippen molar-refractivity contribution in [2.45, 2.75) is 63.1 Å². The van der Waals surface area contributed by atoms with E-state index >= 15 is 0 Å². The van der Waals surface area contributed by atoms with Crippen molar-refractivity contribution in [2.24, 2.45) is 5.92 Å². The first-order chi connectivity index (χ1) is 18.3. The summed E-state index contributed by atoms with van der Waals surface area (Å²) in [6.07, 6.45) is 5.68. The predicted octanol–water partition coefficient (Wildman–Crippen LogP) is 3.46. The molecule has 2 unspecified atom stereocenters. The highest BCUT2D eigenvalue weighted by molar-refractivity contribution is 9.10. The van der Waals surface area contributed by atoms with Gasteiger partial charge in [0.15, 0.2) is 5.78 Å². The molecule has 0 radical (unpaired) electrons. The van der Waals surface area contributed by atoms with E-state index in [1.54, 1.807) is 40.1 Å². The molecule has 0 aromatic heterocycles. The number of likely N-dealkylation sites (tertiary alicyclic amines) is 2. The van der Waals surface area contributed by atoms with Gasteiger partial charge in [-0.1, -0.05) is 53.4 Å². The molecule has 8 nitrogen and oxygen atoms in total. The van der Waals surface area contributed by atoms with Gasteiger partial charge in [0.05, 0.1) is 12.6 Å². The quantitative estimate of drug-likeness (QED) is 0.543. The van der Waals surface area contributed by atoms with Crippen molar-refractivity contribution in [2.75, 3.05) is 13.1 Å². The summed E-state index contributed by atoms with van der Waals surface area (Å²) in [5.74, 6) is -0.737. The Morgan fingerprint density at radius 2 is 1.74 bits per heavy atom. The SMILES string of the molecule is O=C(N[C@@H](Cc1ccc(O)cc1)C(=O)N1CCC2C1C(=O)CN2C(=O)C1CCCCC1)c1cccc(Br)c1. The number of nitrogens with one attached hydrogen (secondary N) is 1. The van der Waals surface area contributed by atoms with E-state index in [-0.39, 0.29) is 48.3 Å². The Kier molecular flexibility index (Phi) is 7.83. The first-order valence-corrected chi connectivity index (χ1v) is 14.1. The van der Waals surface area contributed by atoms with Gasteiger partial charge >= 0.3 is 0 Å². The van der Waals surface area contributed by atoms with E-state index in [0.717, 1.165) is 42.1 Å². The number of aromatic hydroxyl groups is 1. The minimum Gasteiger partial charge on any atom is -0.508 e. The number of carbonyl (C=O) groups excluding carboxylic acids is 4. The average molecular weight is 582 g/mol. The molecule has 3 amide bonds. The molecule has 1 saturated carbocycles. The highest BCUT2D eigenvalue weighted by Crippen LogP contribution is 2.34. The maximum Gasteiger partial charge on any atom is 0.251 e. The average Bonchev–Trinajstić information content (AvgIpc) is 3.50. The molecule has 3 aliphatic rings. The van der Waals surface area contributed by atoms with Crippen LogP contribution in [0.15, 0.2) is 53.0 Å². The van der Waals surface area contributed by atoms with Crippen LogP contribution in [0.3, 0.4) is 0 Å². The van der Waals surface area contributed by atoms with Crippen molar-refractivity contribution in [3.05, 3.63) is 64.1 Å². The smallest absolute Gasteiger partial charge is 0.251 e. The van der Waals surface area contributed by atoms with Crippen molar-refractivity contribution >= 4 is 39.4 Å². The summed E-state index contributed by atoms with van der Waals surface area (Å²) >= 11 is 3.37. The second kappa shape index (κ2) is 11.3. The number of nitrogens with zero attached hydrogens (tertiary/aromatic N) is 2. The fourth-order valence-corrected chi connectivity index (χ4v) is 6.48. The van der Waals surface area contributed by atoms with E-state index in [9.17, 15) is 24.3 Å². The lowest BCUT2D eigenvalue weighted by molar-refractivity contribution is -0.138. The molecule has 0 bridgehead atoms. The molecule has 3 atom stereocenters. The molecule has 5 rings (SSSR count). The van der Waals surface area contributed by atoms with Crippen molar-refractivity contribution in [1.82, 2.24) is 15.1 Å². The summed E-state index contributed by atoms with van der Waals surface area (Å²) in [4.78, 5) is 56.8. The molecule has 2 aliphatic heterocycles. The number of carbonyl (C=O) groups is 4. The van der Waals surface area contributed by atoms with Crippen LogP contribution < -0.4 is 5.32 Å². The van der Waals surface area contributed by atoms with Gasteiger partial charge in [-0.05, 0) is 55.2 Å². The number of rotatable bonds is 6. The second-order valence-electron chi connectivity index (χ2n) is 10.5. The van der Waals surface area contributed by atoms with Crippen LogP contribution >= 0.6 is 15.9 Å². The summed E-state index contributed by atoms with van der Waals surface area (Å²) in [5, 5.41) is 12.5. The van der Waals surface area contributed by atoms with Crippen molar-refractivity contribution in [3.8, 4) is 5.75 Å². The number of amides is 3. The Morgan fingerprint density at radius 3 is 2.45 bits per heavy atom. The standard InChI is InChI=1S/C29H32BrN3O5/c30-21-8-4-7-20(16-21)27(36)31-23(15-18-9-11-22(34)12-10-18)29(38)32-14-13-24-26(32)25(35)17-33(24)28(37)19-5-2-1-3-6-19/h4,7-12,16,19,23-24,26,34H,1-3,5-6,13-15,17H2,(H,31,36)/t23-,24?,26?/m0/s1. The number of hydrogen-bond donors (Lipinski definition) is 2. The van der Waals surface area contributed by atoms with E-state index in [1.165, 1.54) is 12.1 Å². The van der Waals surface area contributed by atoms with Crippen LogP contribution in [0.5, 0.6) is 5.75 Å². The van der Waals surface area contributed by atoms with Gasteiger partial charge in [0.25, 0.3) is 5.91 Å². The second-order valence-corrected chi connectivity index (χ2v) is 11.4. The van der Waals surface area contributed by atoms with Crippen LogP contribution in [0.25, 0.3) is 0 Å².